The predicted molar refractivity (Wildman–Crippen MR) is 61.9 cm³/mol. The van der Waals surface area contributed by atoms with Crippen LogP contribution in [0.4, 0.5) is 0 Å². The number of ketones is 1. The van der Waals surface area contributed by atoms with Gasteiger partial charge in [0.2, 0.25) is 0 Å². The van der Waals surface area contributed by atoms with Gasteiger partial charge in [-0.15, -0.1) is 0 Å². The Morgan fingerprint density at radius 1 is 1.27 bits per heavy atom. The number of carbonyl (C=O) groups is 1. The number of benzene rings is 1. The maximum atomic E-state index is 10.8. The molecule has 0 N–H and O–H groups in total. The van der Waals surface area contributed by atoms with Crippen LogP contribution in [-0.4, -0.2) is 12.9 Å². The number of carbonyl (C=O) groups excluding carboxylic acids is 1. The summed E-state index contributed by atoms with van der Waals surface area (Å²) in [4.78, 5) is 10.8. The van der Waals surface area contributed by atoms with Crippen molar-refractivity contribution >= 4 is 11.4 Å². The molecule has 0 heterocycles. The highest BCUT2D eigenvalue weighted by Crippen LogP contribution is 2.20. The van der Waals surface area contributed by atoms with Crippen molar-refractivity contribution in [1.82, 2.24) is 0 Å². The van der Waals surface area contributed by atoms with Gasteiger partial charge in [-0.05, 0) is 36.6 Å². The summed E-state index contributed by atoms with van der Waals surface area (Å²) in [5.41, 5.74) is 2.06. The molecule has 0 aliphatic heterocycles. The van der Waals surface area contributed by atoms with Crippen LogP contribution in [-0.2, 0) is 4.79 Å². The van der Waals surface area contributed by atoms with Gasteiger partial charge in [-0.2, -0.15) is 0 Å². The van der Waals surface area contributed by atoms with Crippen LogP contribution >= 0.6 is 0 Å². The Morgan fingerprint density at radius 3 is 2.33 bits per heavy atom. The van der Waals surface area contributed by atoms with Crippen LogP contribution in [0.3, 0.4) is 0 Å². The van der Waals surface area contributed by atoms with Crippen LogP contribution in [0.1, 0.15) is 25.3 Å². The number of methoxy groups -OCH3 is 1. The summed E-state index contributed by atoms with van der Waals surface area (Å²) in [5.74, 6) is 1.03. The Labute approximate surface area is 90.6 Å². The van der Waals surface area contributed by atoms with E-state index in [1.165, 1.54) is 0 Å². The highest BCUT2D eigenvalue weighted by Gasteiger charge is 2.01. The third-order valence-electron chi connectivity index (χ3n) is 2.28. The average molecular weight is 204 g/mol. The number of ether oxygens (including phenoxy) is 1. The van der Waals surface area contributed by atoms with Crippen molar-refractivity contribution < 1.29 is 9.53 Å². The molecule has 2 heteroatoms. The Hall–Kier alpha value is -1.57. The van der Waals surface area contributed by atoms with E-state index in [9.17, 15) is 4.79 Å². The van der Waals surface area contributed by atoms with Gasteiger partial charge in [-0.25, -0.2) is 0 Å². The van der Waals surface area contributed by atoms with Gasteiger partial charge in [0.05, 0.1) is 7.11 Å². The van der Waals surface area contributed by atoms with Gasteiger partial charge in [0.25, 0.3) is 0 Å². The molecule has 80 valence electrons. The molecule has 0 unspecified atom stereocenters. The Morgan fingerprint density at radius 2 is 1.87 bits per heavy atom. The Bertz CT molecular complexity index is 349. The first kappa shape index (κ1) is 11.5. The van der Waals surface area contributed by atoms with Crippen molar-refractivity contribution in [3.05, 3.63) is 36.4 Å². The number of rotatable bonds is 5. The van der Waals surface area contributed by atoms with Crippen LogP contribution < -0.4 is 4.74 Å². The molecule has 0 aromatic heterocycles. The highest BCUT2D eigenvalue weighted by molar-refractivity contribution is 5.78. The van der Waals surface area contributed by atoms with Crippen molar-refractivity contribution in [1.29, 1.82) is 0 Å². The predicted octanol–water partition coefficient (Wildman–Crippen LogP) is 3.08. The third-order valence-corrected chi connectivity index (χ3v) is 2.28. The van der Waals surface area contributed by atoms with Crippen molar-refractivity contribution in [2.24, 2.45) is 0 Å². The molecule has 1 rings (SSSR count). The van der Waals surface area contributed by atoms with Crippen LogP contribution in [0.15, 0.2) is 30.8 Å². The first-order valence-corrected chi connectivity index (χ1v) is 4.95. The molecule has 1 aromatic rings. The van der Waals surface area contributed by atoms with E-state index in [0.717, 1.165) is 23.3 Å². The molecule has 0 saturated carbocycles. The van der Waals surface area contributed by atoms with E-state index >= 15 is 0 Å². The topological polar surface area (TPSA) is 26.3 Å². The molecule has 0 bridgehead atoms. The second kappa shape index (κ2) is 5.35. The Kier molecular flexibility index (Phi) is 4.10. The molecule has 0 aliphatic carbocycles. The Balaban J connectivity index is 2.62. The largest absolute Gasteiger partial charge is 0.497 e. The molecule has 0 fully saturated rings. The van der Waals surface area contributed by atoms with Crippen molar-refractivity contribution in [2.45, 2.75) is 19.8 Å². The van der Waals surface area contributed by atoms with Gasteiger partial charge in [0.15, 0.2) is 0 Å². The van der Waals surface area contributed by atoms with Gasteiger partial charge >= 0.3 is 0 Å². The normalized spacial score (nSPS) is 9.73. The summed E-state index contributed by atoms with van der Waals surface area (Å²) in [7, 11) is 1.64. The third kappa shape index (κ3) is 3.58. The summed E-state index contributed by atoms with van der Waals surface area (Å²) >= 11 is 0. The zero-order chi connectivity index (χ0) is 11.3. The minimum absolute atomic E-state index is 0.199. The lowest BCUT2D eigenvalue weighted by Gasteiger charge is -2.05. The maximum Gasteiger partial charge on any atom is 0.130 e. The molecule has 1 aromatic carbocycles. The second-order valence-electron chi connectivity index (χ2n) is 3.53. The molecular formula is C13H16O2. The van der Waals surface area contributed by atoms with Gasteiger partial charge in [0.1, 0.15) is 11.5 Å². The molecule has 2 nitrogen and oxygen atoms in total. The van der Waals surface area contributed by atoms with Gasteiger partial charge < -0.3 is 9.53 Å². The van der Waals surface area contributed by atoms with Gasteiger partial charge in [-0.3, -0.25) is 0 Å². The van der Waals surface area contributed by atoms with E-state index in [2.05, 4.69) is 6.58 Å². The number of hydrogen-bond donors (Lipinski definition) is 0. The lowest BCUT2D eigenvalue weighted by atomic mass is 10.0. The lowest BCUT2D eigenvalue weighted by molar-refractivity contribution is -0.116. The number of allylic oxidation sites excluding steroid dienone is 1. The van der Waals surface area contributed by atoms with Crippen LogP contribution in [0, 0.1) is 0 Å². The van der Waals surface area contributed by atoms with Crippen molar-refractivity contribution in [3.8, 4) is 5.75 Å². The first-order valence-electron chi connectivity index (χ1n) is 4.95. The molecule has 15 heavy (non-hydrogen) atoms. The minimum Gasteiger partial charge on any atom is -0.497 e. The summed E-state index contributed by atoms with van der Waals surface area (Å²) in [6, 6.07) is 7.71. The zero-order valence-electron chi connectivity index (χ0n) is 9.25. The fourth-order valence-corrected chi connectivity index (χ4v) is 1.30. The monoisotopic (exact) mass is 204 g/mol. The fourth-order valence-electron chi connectivity index (χ4n) is 1.30. The lowest BCUT2D eigenvalue weighted by Crippen LogP contribution is -1.91. The maximum absolute atomic E-state index is 10.8. The quantitative estimate of drug-likeness (QED) is 0.736. The molecular weight excluding hydrogens is 188 g/mol. The molecule has 0 atom stereocenters. The van der Waals surface area contributed by atoms with E-state index in [0.29, 0.717) is 6.42 Å². The van der Waals surface area contributed by atoms with Gasteiger partial charge in [-0.1, -0.05) is 18.7 Å². The second-order valence-corrected chi connectivity index (χ2v) is 3.53. The number of Topliss-reactive ketones (excluding diaryl/α,β-unsaturated/α-hetero) is 1. The summed E-state index contributed by atoms with van der Waals surface area (Å²) in [6.07, 6.45) is 1.28. The van der Waals surface area contributed by atoms with E-state index in [1.807, 2.05) is 24.3 Å². The molecule has 0 spiro atoms. The fraction of sp³-hybridized carbons (Fsp3) is 0.308. The average Bonchev–Trinajstić information content (AvgIpc) is 2.26. The van der Waals surface area contributed by atoms with Crippen LogP contribution in [0.25, 0.3) is 5.57 Å². The minimum atomic E-state index is 0.199. The van der Waals surface area contributed by atoms with E-state index in [4.69, 9.17) is 4.74 Å². The summed E-state index contributed by atoms with van der Waals surface area (Å²) in [5, 5.41) is 0. The van der Waals surface area contributed by atoms with Crippen LogP contribution in [0.5, 0.6) is 5.75 Å². The van der Waals surface area contributed by atoms with E-state index in [1.54, 1.807) is 14.0 Å². The smallest absolute Gasteiger partial charge is 0.130 e. The van der Waals surface area contributed by atoms with E-state index < -0.39 is 0 Å². The molecule has 0 amide bonds. The van der Waals surface area contributed by atoms with E-state index in [-0.39, 0.29) is 5.78 Å². The standard InChI is InChI=1S/C13H16O2/c1-10(4-5-11(2)14)12-6-8-13(15-3)9-7-12/h6-9H,1,4-5H2,2-3H3. The SMILES string of the molecule is C=C(CCC(C)=O)c1ccc(OC)cc1. The van der Waals surface area contributed by atoms with Crippen LogP contribution in [0.2, 0.25) is 0 Å². The highest BCUT2D eigenvalue weighted by atomic mass is 16.5. The summed E-state index contributed by atoms with van der Waals surface area (Å²) in [6.45, 7) is 5.56. The van der Waals surface area contributed by atoms with Crippen molar-refractivity contribution in [3.63, 3.8) is 0 Å². The molecule has 0 radical (unpaired) electrons. The zero-order valence-corrected chi connectivity index (χ0v) is 9.25. The van der Waals surface area contributed by atoms with Gasteiger partial charge in [0, 0.05) is 6.42 Å². The summed E-state index contributed by atoms with van der Waals surface area (Å²) < 4.78 is 5.06. The molecule has 0 saturated heterocycles. The molecule has 0 aliphatic rings. The first-order chi connectivity index (χ1) is 7.13. The van der Waals surface area contributed by atoms with Crippen molar-refractivity contribution in [2.75, 3.05) is 7.11 Å². The number of hydrogen-bond acceptors (Lipinski definition) is 2.